The molecule has 1 saturated heterocycles. The molecule has 1 atom stereocenters. The van der Waals surface area contributed by atoms with E-state index in [-0.39, 0.29) is 12.6 Å². The van der Waals surface area contributed by atoms with E-state index < -0.39 is 11.2 Å². The molecule has 4 aromatic rings. The Kier molecular flexibility index (Phi) is 5.49. The topological polar surface area (TPSA) is 108 Å². The van der Waals surface area contributed by atoms with Gasteiger partial charge in [0, 0.05) is 38.1 Å². The maximum Gasteiger partial charge on any atom is 0.332 e. The highest BCUT2D eigenvalue weighted by molar-refractivity contribution is 5.75. The van der Waals surface area contributed by atoms with Gasteiger partial charge in [0.05, 0.1) is 18.8 Å². The standard InChI is InChI=1S/C24H28N8O2/c1-4-5-12-31-20-21(27-23(31)29-11-8-9-17(25)14-29)28(3)24(34)32(22(20)33)15-18-16(2)30-13-7-6-10-19(30)26-18/h6-7,10,13,17H,8-9,11-12,14-15,25H2,1-3H3. The smallest absolute Gasteiger partial charge is 0.332 e. The van der Waals surface area contributed by atoms with Crippen molar-refractivity contribution in [2.75, 3.05) is 18.0 Å². The van der Waals surface area contributed by atoms with Gasteiger partial charge in [0.2, 0.25) is 5.95 Å². The summed E-state index contributed by atoms with van der Waals surface area (Å²) in [5.74, 6) is 6.58. The van der Waals surface area contributed by atoms with Crippen molar-refractivity contribution in [1.29, 1.82) is 0 Å². The lowest BCUT2D eigenvalue weighted by Gasteiger charge is -2.31. The van der Waals surface area contributed by atoms with Crippen LogP contribution < -0.4 is 21.9 Å². The van der Waals surface area contributed by atoms with Gasteiger partial charge in [-0.1, -0.05) is 12.0 Å². The molecule has 0 aliphatic carbocycles. The normalized spacial score (nSPS) is 16.2. The molecule has 10 heteroatoms. The monoisotopic (exact) mass is 460 g/mol. The van der Waals surface area contributed by atoms with Crippen LogP contribution in [-0.2, 0) is 20.1 Å². The summed E-state index contributed by atoms with van der Waals surface area (Å²) in [7, 11) is 1.64. The highest BCUT2D eigenvalue weighted by Crippen LogP contribution is 2.23. The Hall–Kier alpha value is -3.84. The Bertz CT molecular complexity index is 1580. The van der Waals surface area contributed by atoms with Crippen LogP contribution >= 0.6 is 0 Å². The number of nitrogens with two attached hydrogens (primary N) is 1. The molecular formula is C24H28N8O2. The van der Waals surface area contributed by atoms with Crippen molar-refractivity contribution in [3.63, 3.8) is 0 Å². The fourth-order valence-corrected chi connectivity index (χ4v) is 4.71. The number of hydrogen-bond donors (Lipinski definition) is 1. The van der Waals surface area contributed by atoms with Crippen molar-refractivity contribution in [2.24, 2.45) is 12.8 Å². The van der Waals surface area contributed by atoms with E-state index in [1.54, 1.807) is 14.0 Å². The second-order valence-electron chi connectivity index (χ2n) is 8.75. The number of imidazole rings is 2. The van der Waals surface area contributed by atoms with Crippen LogP contribution in [-0.4, -0.2) is 47.2 Å². The summed E-state index contributed by atoms with van der Waals surface area (Å²) < 4.78 is 6.44. The molecule has 1 fully saturated rings. The van der Waals surface area contributed by atoms with Gasteiger partial charge in [0.15, 0.2) is 11.2 Å². The van der Waals surface area contributed by atoms with Crippen molar-refractivity contribution < 1.29 is 0 Å². The predicted octanol–water partition coefficient (Wildman–Crippen LogP) is 0.852. The quantitative estimate of drug-likeness (QED) is 0.453. The molecule has 0 amide bonds. The van der Waals surface area contributed by atoms with E-state index in [0.29, 0.717) is 35.9 Å². The van der Waals surface area contributed by atoms with Crippen LogP contribution in [0.1, 0.15) is 31.2 Å². The maximum absolute atomic E-state index is 13.7. The van der Waals surface area contributed by atoms with Crippen molar-refractivity contribution in [1.82, 2.24) is 28.1 Å². The molecule has 176 valence electrons. The third kappa shape index (κ3) is 3.49. The number of hydrogen-bond acceptors (Lipinski definition) is 6. The Labute approximate surface area is 196 Å². The molecule has 0 radical (unpaired) electrons. The van der Waals surface area contributed by atoms with E-state index in [2.05, 4.69) is 21.7 Å². The molecule has 1 aliphatic heterocycles. The second-order valence-corrected chi connectivity index (χ2v) is 8.75. The lowest BCUT2D eigenvalue weighted by molar-refractivity contribution is 0.496. The lowest BCUT2D eigenvalue weighted by atomic mass is 10.1. The van der Waals surface area contributed by atoms with Gasteiger partial charge >= 0.3 is 5.69 Å². The SMILES string of the molecule is CC#CCn1c(N2CCCC(N)C2)nc2c1c(=O)n(Cc1nc3ccccn3c1C)c(=O)n2C. The summed E-state index contributed by atoms with van der Waals surface area (Å²) in [5, 5.41) is 0. The minimum Gasteiger partial charge on any atom is -0.341 e. The minimum absolute atomic E-state index is 0.0396. The molecule has 0 aromatic carbocycles. The number of aromatic nitrogens is 6. The van der Waals surface area contributed by atoms with Crippen LogP contribution in [0.3, 0.4) is 0 Å². The summed E-state index contributed by atoms with van der Waals surface area (Å²) in [6, 6.07) is 5.76. The Morgan fingerprint density at radius 1 is 1.21 bits per heavy atom. The molecule has 2 N–H and O–H groups in total. The fourth-order valence-electron chi connectivity index (χ4n) is 4.71. The Balaban J connectivity index is 1.70. The van der Waals surface area contributed by atoms with Gasteiger partial charge in [0.1, 0.15) is 5.65 Å². The summed E-state index contributed by atoms with van der Waals surface area (Å²) in [6.45, 7) is 5.50. The van der Waals surface area contributed by atoms with Crippen LogP contribution in [0, 0.1) is 18.8 Å². The highest BCUT2D eigenvalue weighted by atomic mass is 16.2. The molecule has 1 aliphatic rings. The van der Waals surface area contributed by atoms with Gasteiger partial charge in [-0.25, -0.2) is 9.78 Å². The largest absolute Gasteiger partial charge is 0.341 e. The number of nitrogens with zero attached hydrogens (tertiary/aromatic N) is 7. The van der Waals surface area contributed by atoms with Gasteiger partial charge in [0.25, 0.3) is 5.56 Å². The van der Waals surface area contributed by atoms with Crippen LogP contribution in [0.25, 0.3) is 16.8 Å². The van der Waals surface area contributed by atoms with Gasteiger partial charge in [-0.15, -0.1) is 5.92 Å². The van der Waals surface area contributed by atoms with Crippen molar-refractivity contribution in [3.05, 3.63) is 56.6 Å². The molecule has 4 aromatic heterocycles. The number of anilines is 1. The molecule has 1 unspecified atom stereocenters. The zero-order valence-electron chi connectivity index (χ0n) is 19.7. The molecule has 5 rings (SSSR count). The Morgan fingerprint density at radius 2 is 2.03 bits per heavy atom. The van der Waals surface area contributed by atoms with Crippen molar-refractivity contribution >= 4 is 22.8 Å². The Morgan fingerprint density at radius 3 is 2.76 bits per heavy atom. The first-order valence-corrected chi connectivity index (χ1v) is 11.4. The van der Waals surface area contributed by atoms with E-state index in [4.69, 9.17) is 10.7 Å². The number of piperidine rings is 1. The van der Waals surface area contributed by atoms with E-state index in [1.165, 1.54) is 9.13 Å². The fraction of sp³-hybridized carbons (Fsp3) is 0.417. The van der Waals surface area contributed by atoms with E-state index in [0.717, 1.165) is 30.7 Å². The minimum atomic E-state index is -0.429. The average Bonchev–Trinajstić information content (AvgIpc) is 3.37. The van der Waals surface area contributed by atoms with Crippen LogP contribution in [0.2, 0.25) is 0 Å². The van der Waals surface area contributed by atoms with Gasteiger partial charge < -0.3 is 15.0 Å². The first kappa shape index (κ1) is 22.0. The maximum atomic E-state index is 13.7. The summed E-state index contributed by atoms with van der Waals surface area (Å²) in [5.41, 5.74) is 8.43. The number of rotatable bonds is 4. The molecule has 10 nitrogen and oxygen atoms in total. The van der Waals surface area contributed by atoms with Crippen LogP contribution in [0.4, 0.5) is 5.95 Å². The molecule has 5 heterocycles. The molecule has 0 saturated carbocycles. The third-order valence-corrected chi connectivity index (χ3v) is 6.54. The molecule has 34 heavy (non-hydrogen) atoms. The summed E-state index contributed by atoms with van der Waals surface area (Å²) >= 11 is 0. The van der Waals surface area contributed by atoms with E-state index >= 15 is 0 Å². The zero-order valence-corrected chi connectivity index (χ0v) is 19.7. The van der Waals surface area contributed by atoms with Crippen molar-refractivity contribution in [3.8, 4) is 11.8 Å². The number of fused-ring (bicyclic) bond motifs is 2. The average molecular weight is 461 g/mol. The highest BCUT2D eigenvalue weighted by Gasteiger charge is 2.26. The van der Waals surface area contributed by atoms with Gasteiger partial charge in [-0.3, -0.25) is 18.5 Å². The lowest BCUT2D eigenvalue weighted by Crippen LogP contribution is -2.44. The first-order valence-electron chi connectivity index (χ1n) is 11.4. The van der Waals surface area contributed by atoms with E-state index in [1.807, 2.05) is 40.3 Å². The second kappa shape index (κ2) is 8.50. The van der Waals surface area contributed by atoms with E-state index in [9.17, 15) is 9.59 Å². The predicted molar refractivity (Wildman–Crippen MR) is 131 cm³/mol. The number of aryl methyl sites for hydroxylation is 2. The van der Waals surface area contributed by atoms with Crippen LogP contribution in [0.15, 0.2) is 34.0 Å². The van der Waals surface area contributed by atoms with Gasteiger partial charge in [-0.05, 0) is 38.8 Å². The molecular weight excluding hydrogens is 432 g/mol. The van der Waals surface area contributed by atoms with Crippen molar-refractivity contribution in [2.45, 2.75) is 45.8 Å². The first-order chi connectivity index (χ1) is 16.4. The third-order valence-electron chi connectivity index (χ3n) is 6.54. The number of pyridine rings is 1. The van der Waals surface area contributed by atoms with Crippen LogP contribution in [0.5, 0.6) is 0 Å². The molecule has 0 spiro atoms. The summed E-state index contributed by atoms with van der Waals surface area (Å²) in [4.78, 5) is 38.5. The molecule has 0 bridgehead atoms. The summed E-state index contributed by atoms with van der Waals surface area (Å²) in [6.07, 6.45) is 3.81. The van der Waals surface area contributed by atoms with Gasteiger partial charge in [-0.2, -0.15) is 4.98 Å². The zero-order chi connectivity index (χ0) is 24.0.